The fourth-order valence-electron chi connectivity index (χ4n) is 1.03. The molecule has 0 aliphatic carbocycles. The molecule has 0 saturated carbocycles. The molecule has 0 aliphatic rings. The van der Waals surface area contributed by atoms with Gasteiger partial charge in [-0.05, 0) is 0 Å². The van der Waals surface area contributed by atoms with Gasteiger partial charge in [0.05, 0.1) is 19.3 Å². The number of rotatable bonds is 7. The molecule has 1 aromatic heterocycles. The molecule has 96 valence electrons. The minimum absolute atomic E-state index is 0.0758. The van der Waals surface area contributed by atoms with Gasteiger partial charge in [-0.3, -0.25) is 4.79 Å². The molecule has 1 aromatic rings. The van der Waals surface area contributed by atoms with Crippen LogP contribution in [0.5, 0.6) is 0 Å². The van der Waals surface area contributed by atoms with Crippen LogP contribution in [0.25, 0.3) is 0 Å². The highest BCUT2D eigenvalue weighted by Crippen LogP contribution is 1.98. The average molecular weight is 262 g/mol. The molecule has 0 amide bonds. The first-order valence-electron chi connectivity index (χ1n) is 4.82. The molecule has 0 aliphatic heterocycles. The third-order valence-electron chi connectivity index (χ3n) is 2.05. The number of nitrogens with one attached hydrogen (secondary N) is 2. The number of carboxylic acid groups (broad SMARTS) is 1. The van der Waals surface area contributed by atoms with Gasteiger partial charge in [0.2, 0.25) is 0 Å². The van der Waals surface area contributed by atoms with E-state index in [4.69, 9.17) is 5.11 Å². The van der Waals surface area contributed by atoms with E-state index < -0.39 is 16.2 Å². The maximum atomic E-state index is 11.6. The van der Waals surface area contributed by atoms with Crippen molar-refractivity contribution in [1.82, 2.24) is 19.0 Å². The lowest BCUT2D eigenvalue weighted by atomic mass is 10.4. The Morgan fingerprint density at radius 1 is 1.65 bits per heavy atom. The number of carbonyl (C=O) groups is 1. The molecule has 0 unspecified atom stereocenters. The first kappa shape index (κ1) is 13.6. The molecule has 1 heterocycles. The highest BCUT2D eigenvalue weighted by molar-refractivity contribution is 7.87. The first-order valence-corrected chi connectivity index (χ1v) is 6.26. The average Bonchev–Trinajstić information content (AvgIpc) is 2.75. The van der Waals surface area contributed by atoms with E-state index in [2.05, 4.69) is 14.7 Å². The van der Waals surface area contributed by atoms with E-state index in [-0.39, 0.29) is 19.5 Å². The predicted octanol–water partition coefficient (Wildman–Crippen LogP) is -0.849. The zero-order valence-electron chi connectivity index (χ0n) is 9.25. The summed E-state index contributed by atoms with van der Waals surface area (Å²) in [5, 5.41) is 8.45. The van der Waals surface area contributed by atoms with Crippen LogP contribution >= 0.6 is 0 Å². The fourth-order valence-corrected chi connectivity index (χ4v) is 1.92. The van der Waals surface area contributed by atoms with Gasteiger partial charge in [0, 0.05) is 25.5 Å². The number of nitrogens with zero attached hydrogens (tertiary/aromatic N) is 2. The molecular formula is C8H14N4O4S. The molecular weight excluding hydrogens is 248 g/mol. The van der Waals surface area contributed by atoms with E-state index in [0.717, 1.165) is 4.31 Å². The summed E-state index contributed by atoms with van der Waals surface area (Å²) in [6.07, 6.45) is 2.71. The Hall–Kier alpha value is -1.45. The summed E-state index contributed by atoms with van der Waals surface area (Å²) in [5.41, 5.74) is 0.625. The van der Waals surface area contributed by atoms with Gasteiger partial charge in [-0.25, -0.2) is 4.98 Å². The molecule has 0 fully saturated rings. The number of aromatic amines is 1. The minimum Gasteiger partial charge on any atom is -0.481 e. The van der Waals surface area contributed by atoms with Crippen LogP contribution < -0.4 is 4.72 Å². The monoisotopic (exact) mass is 262 g/mol. The Kier molecular flexibility index (Phi) is 4.61. The van der Waals surface area contributed by atoms with Crippen LogP contribution in [0.1, 0.15) is 12.1 Å². The smallest absolute Gasteiger partial charge is 0.304 e. The number of imidazole rings is 1. The fraction of sp³-hybridized carbons (Fsp3) is 0.500. The predicted molar refractivity (Wildman–Crippen MR) is 59.2 cm³/mol. The van der Waals surface area contributed by atoms with Crippen molar-refractivity contribution in [1.29, 1.82) is 0 Å². The highest BCUT2D eigenvalue weighted by atomic mass is 32.2. The van der Waals surface area contributed by atoms with E-state index in [9.17, 15) is 13.2 Å². The van der Waals surface area contributed by atoms with Gasteiger partial charge in [-0.1, -0.05) is 0 Å². The van der Waals surface area contributed by atoms with E-state index in [1.54, 1.807) is 0 Å². The van der Waals surface area contributed by atoms with Gasteiger partial charge in [0.25, 0.3) is 10.2 Å². The van der Waals surface area contributed by atoms with Crippen molar-refractivity contribution in [3.63, 3.8) is 0 Å². The topological polar surface area (TPSA) is 115 Å². The summed E-state index contributed by atoms with van der Waals surface area (Å²) in [6.45, 7) is 0.00733. The zero-order chi connectivity index (χ0) is 12.9. The van der Waals surface area contributed by atoms with Crippen LogP contribution in [0.4, 0.5) is 0 Å². The van der Waals surface area contributed by atoms with Crippen molar-refractivity contribution in [3.8, 4) is 0 Å². The van der Waals surface area contributed by atoms with Crippen molar-refractivity contribution in [2.24, 2.45) is 0 Å². The minimum atomic E-state index is -3.66. The van der Waals surface area contributed by atoms with Crippen LogP contribution in [0.2, 0.25) is 0 Å². The SMILES string of the molecule is CN(CCC(=O)O)S(=O)(=O)NCc1cnc[nH]1. The standard InChI is InChI=1S/C8H14N4O4S/c1-12(3-2-8(13)14)17(15,16)11-5-7-4-9-6-10-7/h4,6,11H,2-3,5H2,1H3,(H,9,10)(H,13,14). The second-order valence-electron chi connectivity index (χ2n) is 3.37. The lowest BCUT2D eigenvalue weighted by Crippen LogP contribution is -2.38. The number of carboxylic acids is 1. The lowest BCUT2D eigenvalue weighted by Gasteiger charge is -2.16. The molecule has 0 spiro atoms. The Morgan fingerprint density at radius 3 is 2.88 bits per heavy atom. The number of aliphatic carboxylic acids is 1. The Balaban J connectivity index is 2.47. The molecule has 8 nitrogen and oxygen atoms in total. The van der Waals surface area contributed by atoms with Crippen LogP contribution in [0.15, 0.2) is 12.5 Å². The van der Waals surface area contributed by atoms with Crippen LogP contribution in [-0.2, 0) is 21.5 Å². The summed E-state index contributed by atoms with van der Waals surface area (Å²) in [5.74, 6) is -1.04. The molecule has 0 radical (unpaired) electrons. The van der Waals surface area contributed by atoms with Crippen molar-refractivity contribution >= 4 is 16.2 Å². The van der Waals surface area contributed by atoms with Crippen molar-refractivity contribution in [3.05, 3.63) is 18.2 Å². The second kappa shape index (κ2) is 5.75. The molecule has 17 heavy (non-hydrogen) atoms. The first-order chi connectivity index (χ1) is 7.92. The van der Waals surface area contributed by atoms with Gasteiger partial charge in [-0.15, -0.1) is 0 Å². The van der Waals surface area contributed by atoms with E-state index in [1.165, 1.54) is 19.6 Å². The van der Waals surface area contributed by atoms with Crippen molar-refractivity contribution in [2.45, 2.75) is 13.0 Å². The summed E-state index contributed by atoms with van der Waals surface area (Å²) in [6, 6.07) is 0. The normalized spacial score (nSPS) is 11.9. The highest BCUT2D eigenvalue weighted by Gasteiger charge is 2.17. The maximum absolute atomic E-state index is 11.6. The Labute approximate surface area is 98.8 Å². The molecule has 3 N–H and O–H groups in total. The number of H-pyrrole nitrogens is 1. The number of hydrogen-bond donors (Lipinski definition) is 3. The second-order valence-corrected chi connectivity index (χ2v) is 5.23. The number of hydrogen-bond acceptors (Lipinski definition) is 4. The molecule has 0 saturated heterocycles. The molecule has 0 bridgehead atoms. The van der Waals surface area contributed by atoms with Crippen LogP contribution in [0, 0.1) is 0 Å². The molecule has 0 aromatic carbocycles. The summed E-state index contributed by atoms with van der Waals surface area (Å²) in [7, 11) is -2.34. The Bertz CT molecular complexity index is 456. The largest absolute Gasteiger partial charge is 0.481 e. The van der Waals surface area contributed by atoms with E-state index >= 15 is 0 Å². The molecule has 1 rings (SSSR count). The zero-order valence-corrected chi connectivity index (χ0v) is 10.1. The van der Waals surface area contributed by atoms with Gasteiger partial charge in [0.1, 0.15) is 0 Å². The van der Waals surface area contributed by atoms with E-state index in [1.807, 2.05) is 0 Å². The third kappa shape index (κ3) is 4.51. The van der Waals surface area contributed by atoms with Gasteiger partial charge in [0.15, 0.2) is 0 Å². The Morgan fingerprint density at radius 2 is 2.35 bits per heavy atom. The van der Waals surface area contributed by atoms with Gasteiger partial charge >= 0.3 is 5.97 Å². The van der Waals surface area contributed by atoms with Crippen LogP contribution in [-0.4, -0.2) is 47.4 Å². The number of aromatic nitrogens is 2. The molecule has 9 heteroatoms. The molecule has 0 atom stereocenters. The van der Waals surface area contributed by atoms with Gasteiger partial charge < -0.3 is 10.1 Å². The van der Waals surface area contributed by atoms with Crippen molar-refractivity contribution < 1.29 is 18.3 Å². The van der Waals surface area contributed by atoms with Gasteiger partial charge in [-0.2, -0.15) is 17.4 Å². The van der Waals surface area contributed by atoms with E-state index in [0.29, 0.717) is 5.69 Å². The summed E-state index contributed by atoms with van der Waals surface area (Å²) >= 11 is 0. The maximum Gasteiger partial charge on any atom is 0.304 e. The summed E-state index contributed by atoms with van der Waals surface area (Å²) < 4.78 is 26.5. The lowest BCUT2D eigenvalue weighted by molar-refractivity contribution is -0.137. The quantitative estimate of drug-likeness (QED) is 0.592. The van der Waals surface area contributed by atoms with Crippen molar-refractivity contribution in [2.75, 3.05) is 13.6 Å². The van der Waals surface area contributed by atoms with Crippen LogP contribution in [0.3, 0.4) is 0 Å². The summed E-state index contributed by atoms with van der Waals surface area (Å²) in [4.78, 5) is 16.8. The third-order valence-corrected chi connectivity index (χ3v) is 3.56.